The molecule has 0 bridgehead atoms. The second kappa shape index (κ2) is 4.54. The molecule has 4 atom stereocenters. The fourth-order valence-corrected chi connectivity index (χ4v) is 4.20. The number of Topliss-reactive ketones (excluding diaryl/α,β-unsaturated/α-hetero) is 1. The van der Waals surface area contributed by atoms with Crippen molar-refractivity contribution in [3.8, 4) is 0 Å². The van der Waals surface area contributed by atoms with Crippen molar-refractivity contribution in [3.63, 3.8) is 0 Å². The summed E-state index contributed by atoms with van der Waals surface area (Å²) in [6, 6.07) is 0. The van der Waals surface area contributed by atoms with E-state index < -0.39 is 17.3 Å². The molecule has 2 aliphatic rings. The zero-order valence-corrected chi connectivity index (χ0v) is 12.4. The molecule has 0 aromatic heterocycles. The first-order valence-electron chi connectivity index (χ1n) is 7.20. The summed E-state index contributed by atoms with van der Waals surface area (Å²) in [4.78, 5) is 11.2. The Balaban J connectivity index is 2.31. The van der Waals surface area contributed by atoms with Crippen molar-refractivity contribution in [2.45, 2.75) is 77.8 Å². The molecule has 1 aliphatic heterocycles. The Morgan fingerprint density at radius 3 is 2.53 bits per heavy atom. The highest BCUT2D eigenvalue weighted by Gasteiger charge is 2.69. The van der Waals surface area contributed by atoms with E-state index in [1.807, 2.05) is 20.8 Å². The SMILES string of the molecule is CC(=O)CC[C@H]1O[C@H](O)[C@@]2(O)C(C)(C)CCC[C@@]12C. The molecule has 4 nitrogen and oxygen atoms in total. The second-order valence-corrected chi connectivity index (χ2v) is 7.14. The Kier molecular flexibility index (Phi) is 3.57. The van der Waals surface area contributed by atoms with Crippen molar-refractivity contribution in [2.24, 2.45) is 10.8 Å². The molecule has 4 heteroatoms. The van der Waals surface area contributed by atoms with E-state index in [0.29, 0.717) is 12.8 Å². The summed E-state index contributed by atoms with van der Waals surface area (Å²) in [6.45, 7) is 7.54. The quantitative estimate of drug-likeness (QED) is 0.823. The Morgan fingerprint density at radius 1 is 1.32 bits per heavy atom. The summed E-state index contributed by atoms with van der Waals surface area (Å²) in [5.41, 5.74) is -2.10. The van der Waals surface area contributed by atoms with Gasteiger partial charge in [-0.15, -0.1) is 0 Å². The lowest BCUT2D eigenvalue weighted by molar-refractivity contribution is -0.238. The monoisotopic (exact) mass is 270 g/mol. The highest BCUT2D eigenvalue weighted by molar-refractivity contribution is 5.75. The Morgan fingerprint density at radius 2 is 1.95 bits per heavy atom. The average Bonchev–Trinajstić information content (AvgIpc) is 2.49. The number of aliphatic hydroxyl groups is 2. The number of aliphatic hydroxyl groups excluding tert-OH is 1. The molecule has 2 N–H and O–H groups in total. The van der Waals surface area contributed by atoms with Gasteiger partial charge in [-0.25, -0.2) is 0 Å². The van der Waals surface area contributed by atoms with Gasteiger partial charge in [0.05, 0.1) is 6.10 Å². The van der Waals surface area contributed by atoms with E-state index in [9.17, 15) is 15.0 Å². The number of fused-ring (bicyclic) bond motifs is 1. The van der Waals surface area contributed by atoms with E-state index in [0.717, 1.165) is 19.3 Å². The van der Waals surface area contributed by atoms with Crippen LogP contribution in [0, 0.1) is 10.8 Å². The zero-order valence-electron chi connectivity index (χ0n) is 12.4. The molecule has 1 aliphatic carbocycles. The van der Waals surface area contributed by atoms with Gasteiger partial charge in [0, 0.05) is 11.8 Å². The van der Waals surface area contributed by atoms with Crippen LogP contribution in [0.3, 0.4) is 0 Å². The first-order valence-corrected chi connectivity index (χ1v) is 7.20. The van der Waals surface area contributed by atoms with Crippen LogP contribution in [0.25, 0.3) is 0 Å². The molecule has 2 fully saturated rings. The van der Waals surface area contributed by atoms with E-state index in [1.165, 1.54) is 0 Å². The molecule has 0 amide bonds. The number of hydrogen-bond donors (Lipinski definition) is 2. The molecule has 1 saturated carbocycles. The van der Waals surface area contributed by atoms with Crippen molar-refractivity contribution in [1.82, 2.24) is 0 Å². The van der Waals surface area contributed by atoms with Crippen LogP contribution in [-0.2, 0) is 9.53 Å². The fourth-order valence-electron chi connectivity index (χ4n) is 4.20. The molecule has 1 saturated heterocycles. The summed E-state index contributed by atoms with van der Waals surface area (Å²) >= 11 is 0. The summed E-state index contributed by atoms with van der Waals surface area (Å²) in [5.74, 6) is 0.118. The lowest BCUT2D eigenvalue weighted by Crippen LogP contribution is -2.63. The van der Waals surface area contributed by atoms with Crippen molar-refractivity contribution < 1.29 is 19.7 Å². The standard InChI is InChI=1S/C15H26O4/c1-10(16)6-7-11-14(4)9-5-8-13(2,3)15(14,18)12(17)19-11/h11-12,17-18H,5-9H2,1-4H3/t11-,12+,14+,15-/m1/s1. The van der Waals surface area contributed by atoms with E-state index >= 15 is 0 Å². The van der Waals surface area contributed by atoms with Crippen LogP contribution >= 0.6 is 0 Å². The highest BCUT2D eigenvalue weighted by Crippen LogP contribution is 2.62. The van der Waals surface area contributed by atoms with Gasteiger partial charge in [0.25, 0.3) is 0 Å². The van der Waals surface area contributed by atoms with Gasteiger partial charge in [0.2, 0.25) is 0 Å². The smallest absolute Gasteiger partial charge is 0.185 e. The maximum absolute atomic E-state index is 11.2. The van der Waals surface area contributed by atoms with Crippen LogP contribution in [0.15, 0.2) is 0 Å². The van der Waals surface area contributed by atoms with Gasteiger partial charge in [0.15, 0.2) is 6.29 Å². The highest BCUT2D eigenvalue weighted by atomic mass is 16.6. The molecule has 1 heterocycles. The minimum Gasteiger partial charge on any atom is -0.383 e. The second-order valence-electron chi connectivity index (χ2n) is 7.14. The number of ether oxygens (including phenoxy) is 1. The number of carbonyl (C=O) groups excluding carboxylic acids is 1. The summed E-state index contributed by atoms with van der Waals surface area (Å²) in [5, 5.41) is 21.4. The Bertz CT molecular complexity index is 378. The van der Waals surface area contributed by atoms with Crippen molar-refractivity contribution in [3.05, 3.63) is 0 Å². The summed E-state index contributed by atoms with van der Waals surface area (Å²) in [7, 11) is 0. The van der Waals surface area contributed by atoms with E-state index in [2.05, 4.69) is 0 Å². The van der Waals surface area contributed by atoms with Crippen LogP contribution in [0.5, 0.6) is 0 Å². The van der Waals surface area contributed by atoms with Crippen molar-refractivity contribution in [2.75, 3.05) is 0 Å². The molecule has 19 heavy (non-hydrogen) atoms. The van der Waals surface area contributed by atoms with Crippen LogP contribution < -0.4 is 0 Å². The van der Waals surface area contributed by atoms with E-state index in [4.69, 9.17) is 4.74 Å². The van der Waals surface area contributed by atoms with E-state index in [1.54, 1.807) is 6.92 Å². The third kappa shape index (κ3) is 1.96. The summed E-state index contributed by atoms with van der Waals surface area (Å²) < 4.78 is 5.65. The molecule has 2 rings (SSSR count). The molecular weight excluding hydrogens is 244 g/mol. The molecule has 0 spiro atoms. The largest absolute Gasteiger partial charge is 0.383 e. The molecule has 110 valence electrons. The van der Waals surface area contributed by atoms with Crippen molar-refractivity contribution in [1.29, 1.82) is 0 Å². The van der Waals surface area contributed by atoms with Gasteiger partial charge in [-0.1, -0.05) is 27.2 Å². The Hall–Kier alpha value is -0.450. The minimum absolute atomic E-state index is 0.118. The third-order valence-electron chi connectivity index (χ3n) is 5.52. The maximum atomic E-state index is 11.2. The lowest BCUT2D eigenvalue weighted by atomic mass is 9.52. The minimum atomic E-state index is -1.24. The predicted molar refractivity (Wildman–Crippen MR) is 71.5 cm³/mol. The maximum Gasteiger partial charge on any atom is 0.185 e. The van der Waals surface area contributed by atoms with Crippen LogP contribution in [0.2, 0.25) is 0 Å². The van der Waals surface area contributed by atoms with Gasteiger partial charge < -0.3 is 19.7 Å². The summed E-state index contributed by atoms with van der Waals surface area (Å²) in [6.07, 6.45) is 2.30. The zero-order chi connectivity index (χ0) is 14.5. The van der Waals surface area contributed by atoms with Crippen LogP contribution in [-0.4, -0.2) is 34.0 Å². The van der Waals surface area contributed by atoms with Gasteiger partial charge in [0.1, 0.15) is 11.4 Å². The average molecular weight is 270 g/mol. The molecule has 0 radical (unpaired) electrons. The van der Waals surface area contributed by atoms with Gasteiger partial charge >= 0.3 is 0 Å². The van der Waals surface area contributed by atoms with Crippen LogP contribution in [0.1, 0.15) is 59.8 Å². The fraction of sp³-hybridized carbons (Fsp3) is 0.933. The number of hydrogen-bond acceptors (Lipinski definition) is 4. The van der Waals surface area contributed by atoms with Crippen LogP contribution in [0.4, 0.5) is 0 Å². The van der Waals surface area contributed by atoms with Crippen molar-refractivity contribution >= 4 is 5.78 Å². The predicted octanol–water partition coefficient (Wildman–Crippen LogP) is 2.02. The normalized spacial score (nSPS) is 44.9. The molecule has 0 aromatic rings. The van der Waals surface area contributed by atoms with Gasteiger partial charge in [-0.3, -0.25) is 0 Å². The van der Waals surface area contributed by atoms with E-state index in [-0.39, 0.29) is 17.3 Å². The molecular formula is C15H26O4. The number of ketones is 1. The molecule has 0 unspecified atom stereocenters. The molecule has 0 aromatic carbocycles. The Labute approximate surface area is 115 Å². The first-order chi connectivity index (χ1) is 8.65. The number of rotatable bonds is 3. The first kappa shape index (κ1) is 14.9. The third-order valence-corrected chi connectivity index (χ3v) is 5.52. The number of carbonyl (C=O) groups is 1. The van der Waals surface area contributed by atoms with Gasteiger partial charge in [-0.2, -0.15) is 0 Å². The lowest BCUT2D eigenvalue weighted by Gasteiger charge is -2.54. The topological polar surface area (TPSA) is 66.8 Å². The van der Waals surface area contributed by atoms with Gasteiger partial charge in [-0.05, 0) is 31.6 Å².